The first kappa shape index (κ1) is 17.9. The van der Waals surface area contributed by atoms with Gasteiger partial charge < -0.3 is 14.8 Å². The van der Waals surface area contributed by atoms with E-state index >= 15 is 0 Å². The van der Waals surface area contributed by atoms with Crippen LogP contribution < -0.4 is 10.1 Å². The van der Waals surface area contributed by atoms with E-state index in [9.17, 15) is 0 Å². The Morgan fingerprint density at radius 3 is 2.75 bits per heavy atom. The van der Waals surface area contributed by atoms with Crippen LogP contribution in [0.4, 0.5) is 0 Å². The molecule has 1 aromatic carbocycles. The molecule has 1 N–H and O–H groups in total. The van der Waals surface area contributed by atoms with E-state index in [1.54, 1.807) is 19.2 Å². The van der Waals surface area contributed by atoms with Crippen molar-refractivity contribution in [2.45, 2.75) is 6.54 Å². The van der Waals surface area contributed by atoms with Crippen LogP contribution in [0.1, 0.15) is 5.56 Å². The fraction of sp³-hybridized carbons (Fsp3) is 0.385. The Kier molecular flexibility index (Phi) is 8.69. The highest BCUT2D eigenvalue weighted by Gasteiger charge is 2.11. The van der Waals surface area contributed by atoms with Crippen LogP contribution in [-0.4, -0.2) is 26.9 Å². The Bertz CT molecular complexity index is 466. The molecule has 7 heteroatoms. The van der Waals surface area contributed by atoms with Crippen molar-refractivity contribution in [1.29, 1.82) is 0 Å². The molecule has 0 heterocycles. The Morgan fingerprint density at radius 2 is 2.10 bits per heavy atom. The second-order valence-corrected chi connectivity index (χ2v) is 5.44. The van der Waals surface area contributed by atoms with Crippen molar-refractivity contribution in [3.63, 3.8) is 0 Å². The number of halogens is 4. The van der Waals surface area contributed by atoms with Crippen LogP contribution in [0.2, 0.25) is 10.0 Å². The molecular formula is C13H15Cl4NO2. The minimum atomic E-state index is 0.150. The van der Waals surface area contributed by atoms with Crippen molar-refractivity contribution in [3.8, 4) is 5.75 Å². The first-order valence-electron chi connectivity index (χ1n) is 5.83. The highest BCUT2D eigenvalue weighted by Crippen LogP contribution is 2.33. The first-order valence-corrected chi connectivity index (χ1v) is 7.40. The number of methoxy groups -OCH3 is 1. The molecule has 0 saturated heterocycles. The summed E-state index contributed by atoms with van der Waals surface area (Å²) in [6, 6.07) is 3.41. The fourth-order valence-electron chi connectivity index (χ4n) is 1.48. The largest absolute Gasteiger partial charge is 0.486 e. The summed E-state index contributed by atoms with van der Waals surface area (Å²) >= 11 is 23.4. The monoisotopic (exact) mass is 357 g/mol. The van der Waals surface area contributed by atoms with Crippen LogP contribution in [0, 0.1) is 0 Å². The SMILES string of the molecule is COCCNCc1cc(Cl)cc(Cl)c1OCC(Cl)=CCl. The van der Waals surface area contributed by atoms with Crippen molar-refractivity contribution in [3.05, 3.63) is 38.3 Å². The molecule has 3 nitrogen and oxygen atoms in total. The van der Waals surface area contributed by atoms with E-state index in [1.165, 1.54) is 5.54 Å². The molecule has 0 radical (unpaired) electrons. The molecule has 0 aliphatic heterocycles. The zero-order chi connectivity index (χ0) is 15.0. The number of ether oxygens (including phenoxy) is 2. The van der Waals surface area contributed by atoms with Crippen LogP contribution in [0.15, 0.2) is 22.7 Å². The summed E-state index contributed by atoms with van der Waals surface area (Å²) in [5.41, 5.74) is 2.10. The van der Waals surface area contributed by atoms with E-state index in [4.69, 9.17) is 55.9 Å². The molecule has 1 rings (SSSR count). The first-order chi connectivity index (χ1) is 9.58. The van der Waals surface area contributed by atoms with Gasteiger partial charge in [-0.1, -0.05) is 46.4 Å². The van der Waals surface area contributed by atoms with Crippen LogP contribution in [0.5, 0.6) is 5.75 Å². The zero-order valence-corrected chi connectivity index (χ0v) is 13.9. The summed E-state index contributed by atoms with van der Waals surface area (Å²) < 4.78 is 10.6. The molecule has 0 bridgehead atoms. The molecule has 0 atom stereocenters. The van der Waals surface area contributed by atoms with Crippen molar-refractivity contribution in [1.82, 2.24) is 5.32 Å². The van der Waals surface area contributed by atoms with Gasteiger partial charge in [0.15, 0.2) is 0 Å². The Hall–Kier alpha value is -0.160. The van der Waals surface area contributed by atoms with Gasteiger partial charge in [0.2, 0.25) is 0 Å². The lowest BCUT2D eigenvalue weighted by Gasteiger charge is -2.14. The average Bonchev–Trinajstić information content (AvgIpc) is 2.42. The molecule has 20 heavy (non-hydrogen) atoms. The second kappa shape index (κ2) is 9.72. The Morgan fingerprint density at radius 1 is 1.35 bits per heavy atom. The van der Waals surface area contributed by atoms with Crippen molar-refractivity contribution >= 4 is 46.4 Å². The van der Waals surface area contributed by atoms with Gasteiger partial charge in [0.1, 0.15) is 12.4 Å². The lowest BCUT2D eigenvalue weighted by molar-refractivity contribution is 0.199. The summed E-state index contributed by atoms with van der Waals surface area (Å²) in [5.74, 6) is 0.539. The minimum absolute atomic E-state index is 0.150. The quantitative estimate of drug-likeness (QED) is 0.697. The van der Waals surface area contributed by atoms with Crippen LogP contribution >= 0.6 is 46.4 Å². The van der Waals surface area contributed by atoms with Gasteiger partial charge in [-0.25, -0.2) is 0 Å². The third-order valence-electron chi connectivity index (χ3n) is 2.36. The third kappa shape index (κ3) is 6.08. The van der Waals surface area contributed by atoms with Gasteiger partial charge in [0.25, 0.3) is 0 Å². The maximum absolute atomic E-state index is 6.14. The standard InChI is InChI=1S/C13H15Cl4NO2/c1-19-3-2-18-7-9-4-10(15)5-12(17)13(9)20-8-11(16)6-14/h4-6,18H,2-3,7-8H2,1H3. The van der Waals surface area contributed by atoms with Crippen LogP contribution in [0.25, 0.3) is 0 Å². The third-order valence-corrected chi connectivity index (χ3v) is 3.45. The van der Waals surface area contributed by atoms with E-state index in [1.807, 2.05) is 0 Å². The van der Waals surface area contributed by atoms with E-state index < -0.39 is 0 Å². The molecule has 0 saturated carbocycles. The van der Waals surface area contributed by atoms with Gasteiger partial charge in [-0.2, -0.15) is 0 Å². The predicted molar refractivity (Wildman–Crippen MR) is 85.3 cm³/mol. The van der Waals surface area contributed by atoms with Gasteiger partial charge in [-0.15, -0.1) is 0 Å². The second-order valence-electron chi connectivity index (χ2n) is 3.89. The molecule has 0 amide bonds. The summed E-state index contributed by atoms with van der Waals surface area (Å²) in [6.07, 6.45) is 0. The molecular weight excluding hydrogens is 344 g/mol. The highest BCUT2D eigenvalue weighted by atomic mass is 35.5. The molecule has 0 aliphatic rings. The number of hydrogen-bond acceptors (Lipinski definition) is 3. The molecule has 0 aliphatic carbocycles. The normalized spacial score (nSPS) is 11.8. The van der Waals surface area contributed by atoms with Crippen LogP contribution in [0.3, 0.4) is 0 Å². The Balaban J connectivity index is 2.78. The van der Waals surface area contributed by atoms with Gasteiger partial charge in [0.05, 0.1) is 16.7 Å². The number of benzene rings is 1. The van der Waals surface area contributed by atoms with Crippen molar-refractivity contribution < 1.29 is 9.47 Å². The van der Waals surface area contributed by atoms with E-state index in [0.717, 1.165) is 5.56 Å². The highest BCUT2D eigenvalue weighted by molar-refractivity contribution is 6.37. The molecule has 0 aromatic heterocycles. The summed E-state index contributed by atoms with van der Waals surface area (Å²) in [6.45, 7) is 2.03. The fourth-order valence-corrected chi connectivity index (χ4v) is 2.18. The van der Waals surface area contributed by atoms with Gasteiger partial charge >= 0.3 is 0 Å². The summed E-state index contributed by atoms with van der Waals surface area (Å²) in [7, 11) is 1.65. The predicted octanol–water partition coefficient (Wildman–Crippen LogP) is 4.43. The zero-order valence-electron chi connectivity index (χ0n) is 10.9. The lowest BCUT2D eigenvalue weighted by Crippen LogP contribution is -2.19. The maximum Gasteiger partial charge on any atom is 0.143 e. The van der Waals surface area contributed by atoms with Crippen LogP contribution in [-0.2, 0) is 11.3 Å². The smallest absolute Gasteiger partial charge is 0.143 e. The lowest BCUT2D eigenvalue weighted by atomic mass is 10.2. The molecule has 1 aromatic rings. The molecule has 0 spiro atoms. The minimum Gasteiger partial charge on any atom is -0.486 e. The van der Waals surface area contributed by atoms with E-state index in [2.05, 4.69) is 5.32 Å². The maximum atomic E-state index is 6.14. The molecule has 0 unspecified atom stereocenters. The Labute approximate surface area is 138 Å². The summed E-state index contributed by atoms with van der Waals surface area (Å²) in [4.78, 5) is 0. The van der Waals surface area contributed by atoms with Gasteiger partial charge in [-0.05, 0) is 12.1 Å². The summed E-state index contributed by atoms with van der Waals surface area (Å²) in [5, 5.41) is 4.57. The molecule has 112 valence electrons. The number of hydrogen-bond donors (Lipinski definition) is 1. The van der Waals surface area contributed by atoms with E-state index in [-0.39, 0.29) is 6.61 Å². The number of rotatable bonds is 8. The topological polar surface area (TPSA) is 30.5 Å². The van der Waals surface area contributed by atoms with Gasteiger partial charge in [-0.3, -0.25) is 0 Å². The van der Waals surface area contributed by atoms with Gasteiger partial charge in [0, 0.05) is 36.3 Å². The van der Waals surface area contributed by atoms with Crippen molar-refractivity contribution in [2.24, 2.45) is 0 Å². The molecule has 0 fully saturated rings. The van der Waals surface area contributed by atoms with Crippen molar-refractivity contribution in [2.75, 3.05) is 26.9 Å². The average molecular weight is 359 g/mol. The van der Waals surface area contributed by atoms with E-state index in [0.29, 0.717) is 40.5 Å². The number of nitrogens with one attached hydrogen (secondary N) is 1.